The summed E-state index contributed by atoms with van der Waals surface area (Å²) in [4.78, 5) is 36.0. The predicted octanol–water partition coefficient (Wildman–Crippen LogP) is 3.52. The highest BCUT2D eigenvalue weighted by molar-refractivity contribution is 5.86. The van der Waals surface area contributed by atoms with Crippen LogP contribution >= 0.6 is 0 Å². The molecule has 1 unspecified atom stereocenters. The molecule has 1 saturated heterocycles. The lowest BCUT2D eigenvalue weighted by atomic mass is 10.1. The maximum atomic E-state index is 12.7. The summed E-state index contributed by atoms with van der Waals surface area (Å²) < 4.78 is 16.8. The number of nitrogens with one attached hydrogen (secondary N) is 2. The van der Waals surface area contributed by atoms with E-state index in [0.717, 1.165) is 42.8 Å². The number of ether oxygens (including phenoxy) is 3. The molecule has 5 rings (SSSR count). The highest BCUT2D eigenvalue weighted by Crippen LogP contribution is 2.35. The first kappa shape index (κ1) is 24.4. The molecule has 0 radical (unpaired) electrons. The van der Waals surface area contributed by atoms with Crippen molar-refractivity contribution in [2.24, 2.45) is 0 Å². The van der Waals surface area contributed by atoms with Gasteiger partial charge in [0.2, 0.25) is 17.6 Å². The first-order valence-corrected chi connectivity index (χ1v) is 12.3. The number of benzene rings is 2. The van der Waals surface area contributed by atoms with Gasteiger partial charge in [-0.15, -0.1) is 0 Å². The molecular formula is C27H29N5O5. The van der Waals surface area contributed by atoms with Gasteiger partial charge < -0.3 is 29.7 Å². The van der Waals surface area contributed by atoms with Crippen molar-refractivity contribution >= 4 is 23.6 Å². The zero-order valence-corrected chi connectivity index (χ0v) is 20.6. The molecule has 1 atom stereocenters. The van der Waals surface area contributed by atoms with Crippen LogP contribution in [0.2, 0.25) is 0 Å². The van der Waals surface area contributed by atoms with Crippen molar-refractivity contribution in [2.75, 3.05) is 25.1 Å². The monoisotopic (exact) mass is 503 g/mol. The third-order valence-electron chi connectivity index (χ3n) is 6.40. The zero-order valence-electron chi connectivity index (χ0n) is 20.6. The van der Waals surface area contributed by atoms with E-state index in [9.17, 15) is 9.59 Å². The number of carbonyl (C=O) groups excluding carboxylic acids is 2. The summed E-state index contributed by atoms with van der Waals surface area (Å²) in [5, 5.41) is 5.44. The summed E-state index contributed by atoms with van der Waals surface area (Å²) in [7, 11) is 1.61. The van der Waals surface area contributed by atoms with Crippen LogP contribution in [0.15, 0.2) is 54.7 Å². The molecule has 3 heterocycles. The van der Waals surface area contributed by atoms with Gasteiger partial charge in [-0.2, -0.15) is 4.98 Å². The highest BCUT2D eigenvalue weighted by atomic mass is 16.6. The molecule has 3 aromatic rings. The van der Waals surface area contributed by atoms with E-state index in [2.05, 4.69) is 26.7 Å². The van der Waals surface area contributed by atoms with Gasteiger partial charge in [0.25, 0.3) is 5.88 Å². The number of methoxy groups -OCH3 is 1. The molecule has 2 N–H and O–H groups in total. The summed E-state index contributed by atoms with van der Waals surface area (Å²) in [6.45, 7) is 1.53. The van der Waals surface area contributed by atoms with Gasteiger partial charge in [-0.25, -0.2) is 9.78 Å². The number of carbonyl (C=O) groups is 2. The lowest BCUT2D eigenvalue weighted by molar-refractivity contribution is -0.122. The summed E-state index contributed by atoms with van der Waals surface area (Å²) in [6, 6.07) is 14.9. The average molecular weight is 504 g/mol. The molecular weight excluding hydrogens is 474 g/mol. The molecule has 192 valence electrons. The fraction of sp³-hybridized carbons (Fsp3) is 0.333. The Morgan fingerprint density at radius 2 is 2.00 bits per heavy atom. The van der Waals surface area contributed by atoms with Crippen LogP contribution in [0.3, 0.4) is 0 Å². The first-order chi connectivity index (χ1) is 18.1. The van der Waals surface area contributed by atoms with Gasteiger partial charge in [0, 0.05) is 18.8 Å². The second-order valence-electron chi connectivity index (χ2n) is 8.88. The smallest absolute Gasteiger partial charge is 0.413 e. The number of hydrogen-bond acceptors (Lipinski definition) is 8. The highest BCUT2D eigenvalue weighted by Gasteiger charge is 2.26. The van der Waals surface area contributed by atoms with Gasteiger partial charge in [0.05, 0.1) is 13.3 Å². The van der Waals surface area contributed by atoms with E-state index < -0.39 is 12.1 Å². The van der Waals surface area contributed by atoms with Crippen molar-refractivity contribution in [1.29, 1.82) is 0 Å². The van der Waals surface area contributed by atoms with Crippen LogP contribution in [-0.4, -0.2) is 48.2 Å². The Morgan fingerprint density at radius 1 is 1.16 bits per heavy atom. The van der Waals surface area contributed by atoms with E-state index in [1.807, 2.05) is 47.4 Å². The van der Waals surface area contributed by atoms with Gasteiger partial charge in [-0.05, 0) is 55.0 Å². The Bertz CT molecular complexity index is 1270. The third-order valence-corrected chi connectivity index (χ3v) is 6.40. The molecule has 0 saturated carbocycles. The second kappa shape index (κ2) is 11.2. The zero-order chi connectivity index (χ0) is 25.6. The van der Waals surface area contributed by atoms with E-state index in [1.54, 1.807) is 7.11 Å². The Balaban J connectivity index is 1.36. The SMILES string of the molecule is COc1ccc(COc2nc(N3CCc4ccccc43)ncc2OC(=O)NC2CCCCNC2=O)cc1. The summed E-state index contributed by atoms with van der Waals surface area (Å²) in [5.41, 5.74) is 3.14. The van der Waals surface area contributed by atoms with E-state index in [0.29, 0.717) is 18.9 Å². The molecule has 2 aliphatic rings. The molecule has 10 nitrogen and oxygen atoms in total. The van der Waals surface area contributed by atoms with Gasteiger partial charge in [0.15, 0.2) is 0 Å². The Morgan fingerprint density at radius 3 is 2.84 bits per heavy atom. The maximum absolute atomic E-state index is 12.7. The Labute approximate surface area is 215 Å². The fourth-order valence-electron chi connectivity index (χ4n) is 4.42. The third kappa shape index (κ3) is 5.74. The molecule has 1 aromatic heterocycles. The number of aromatic nitrogens is 2. The van der Waals surface area contributed by atoms with E-state index in [-0.39, 0.29) is 24.1 Å². The molecule has 2 aromatic carbocycles. The average Bonchev–Trinajstić information content (AvgIpc) is 3.25. The fourth-order valence-corrected chi connectivity index (χ4v) is 4.42. The summed E-state index contributed by atoms with van der Waals surface area (Å²) >= 11 is 0. The van der Waals surface area contributed by atoms with Crippen molar-refractivity contribution in [3.05, 3.63) is 65.9 Å². The summed E-state index contributed by atoms with van der Waals surface area (Å²) in [6.07, 6.45) is 3.79. The van der Waals surface area contributed by atoms with Crippen molar-refractivity contribution < 1.29 is 23.8 Å². The van der Waals surface area contributed by atoms with Gasteiger partial charge in [-0.1, -0.05) is 30.3 Å². The number of rotatable bonds is 7. The standard InChI is InChI=1S/C27H29N5O5/c1-35-20-11-9-18(10-12-20)17-36-25-23(37-27(34)30-21-7-4-5-14-28-24(21)33)16-29-26(31-25)32-15-13-19-6-2-3-8-22(19)32/h2-3,6,8-12,16,21H,4-5,7,13-15,17H2,1H3,(H,28,33)(H,30,34). The van der Waals surface area contributed by atoms with Crippen LogP contribution in [0.1, 0.15) is 30.4 Å². The lowest BCUT2D eigenvalue weighted by Gasteiger charge is -2.19. The number of hydrogen-bond donors (Lipinski definition) is 2. The predicted molar refractivity (Wildman–Crippen MR) is 136 cm³/mol. The van der Waals surface area contributed by atoms with Crippen LogP contribution in [0.25, 0.3) is 0 Å². The quantitative estimate of drug-likeness (QED) is 0.503. The Hall–Kier alpha value is -4.34. The lowest BCUT2D eigenvalue weighted by Crippen LogP contribution is -2.46. The maximum Gasteiger partial charge on any atom is 0.413 e. The second-order valence-corrected chi connectivity index (χ2v) is 8.88. The van der Waals surface area contributed by atoms with Gasteiger partial charge >= 0.3 is 6.09 Å². The Kier molecular flexibility index (Phi) is 7.34. The van der Waals surface area contributed by atoms with E-state index in [1.165, 1.54) is 11.8 Å². The number of para-hydroxylation sites is 1. The first-order valence-electron chi connectivity index (χ1n) is 12.3. The van der Waals surface area contributed by atoms with Crippen LogP contribution in [0.4, 0.5) is 16.4 Å². The normalized spacial score (nSPS) is 16.8. The van der Waals surface area contributed by atoms with Crippen LogP contribution in [0, 0.1) is 0 Å². The molecule has 1 fully saturated rings. The summed E-state index contributed by atoms with van der Waals surface area (Å²) in [5.74, 6) is 1.17. The number of nitrogens with zero attached hydrogens (tertiary/aromatic N) is 3. The molecule has 10 heteroatoms. The van der Waals surface area contributed by atoms with Crippen molar-refractivity contribution in [1.82, 2.24) is 20.6 Å². The van der Waals surface area contributed by atoms with Crippen LogP contribution < -0.4 is 29.7 Å². The van der Waals surface area contributed by atoms with Crippen molar-refractivity contribution in [3.8, 4) is 17.4 Å². The minimum atomic E-state index is -0.765. The largest absolute Gasteiger partial charge is 0.497 e. The molecule has 0 spiro atoms. The molecule has 2 aliphatic heterocycles. The van der Waals surface area contributed by atoms with Gasteiger partial charge in [-0.3, -0.25) is 4.79 Å². The van der Waals surface area contributed by atoms with Crippen molar-refractivity contribution in [2.45, 2.75) is 38.3 Å². The van der Waals surface area contributed by atoms with E-state index in [4.69, 9.17) is 14.2 Å². The minimum absolute atomic E-state index is 0.0660. The number of amides is 2. The molecule has 0 aliphatic carbocycles. The molecule has 0 bridgehead atoms. The van der Waals surface area contributed by atoms with E-state index >= 15 is 0 Å². The number of fused-ring (bicyclic) bond motifs is 1. The molecule has 2 amide bonds. The number of anilines is 2. The van der Waals surface area contributed by atoms with Crippen LogP contribution in [-0.2, 0) is 17.8 Å². The van der Waals surface area contributed by atoms with Crippen molar-refractivity contribution in [3.63, 3.8) is 0 Å². The molecule has 37 heavy (non-hydrogen) atoms. The minimum Gasteiger partial charge on any atom is -0.497 e. The van der Waals surface area contributed by atoms with Gasteiger partial charge in [0.1, 0.15) is 18.4 Å². The van der Waals surface area contributed by atoms with Crippen LogP contribution in [0.5, 0.6) is 17.4 Å². The topological polar surface area (TPSA) is 115 Å².